The monoisotopic (exact) mass is 747 g/mol. The zero-order valence-electron chi connectivity index (χ0n) is 34.1. The number of unbranched alkanes of at least 4 members (excludes halogenated alkanes) is 7. The van der Waals surface area contributed by atoms with E-state index in [-0.39, 0.29) is 17.9 Å². The van der Waals surface area contributed by atoms with Gasteiger partial charge in [-0.05, 0) is 79.6 Å². The minimum absolute atomic E-state index is 0.0739. The summed E-state index contributed by atoms with van der Waals surface area (Å²) in [5.41, 5.74) is -0.244. The molecule has 0 bridgehead atoms. The van der Waals surface area contributed by atoms with Crippen molar-refractivity contribution in [2.75, 3.05) is 39.3 Å². The normalized spacial score (nSPS) is 14.6. The van der Waals surface area contributed by atoms with Crippen LogP contribution < -0.4 is 16.0 Å². The SMILES string of the molecule is C=C(NCCC[C@@H](C(=O)NCCCCCCCCCCC(=O)N1CCN(C(=O)OC(C)(C)C)CC1)n1cc(C[C@@H](C)CC)nn1)NC(=O)OC(C)(C)C. The summed E-state index contributed by atoms with van der Waals surface area (Å²) in [4.78, 5) is 53.8. The second-order valence-corrected chi connectivity index (χ2v) is 16.3. The van der Waals surface area contributed by atoms with Gasteiger partial charge in [0.1, 0.15) is 23.1 Å². The Morgan fingerprint density at radius 1 is 0.811 bits per heavy atom. The third-order valence-electron chi connectivity index (χ3n) is 8.98. The first kappa shape index (κ1) is 45.3. The van der Waals surface area contributed by atoms with E-state index in [9.17, 15) is 19.2 Å². The fourth-order valence-electron chi connectivity index (χ4n) is 5.86. The van der Waals surface area contributed by atoms with E-state index in [1.807, 2.05) is 31.9 Å². The molecule has 2 rings (SSSR count). The zero-order valence-corrected chi connectivity index (χ0v) is 34.1. The van der Waals surface area contributed by atoms with E-state index < -0.39 is 23.3 Å². The Bertz CT molecular complexity index is 1280. The Labute approximate surface area is 318 Å². The van der Waals surface area contributed by atoms with Crippen molar-refractivity contribution in [2.45, 2.75) is 156 Å². The van der Waals surface area contributed by atoms with Crippen LogP contribution in [-0.4, -0.2) is 99.3 Å². The van der Waals surface area contributed by atoms with Crippen LogP contribution in [0, 0.1) is 5.92 Å². The molecule has 1 aliphatic heterocycles. The number of rotatable bonds is 22. The molecule has 302 valence electrons. The molecule has 2 heterocycles. The van der Waals surface area contributed by atoms with Crippen molar-refractivity contribution in [3.63, 3.8) is 0 Å². The molecule has 0 spiro atoms. The highest BCUT2D eigenvalue weighted by molar-refractivity contribution is 5.80. The summed E-state index contributed by atoms with van der Waals surface area (Å²) in [5, 5.41) is 17.4. The standard InChI is InChI=1S/C39H70N8O6/c1-10-30(2)28-32-29-47(44-43-32)33(20-19-23-40-31(3)42-36(50)52-38(4,5)6)35(49)41-22-18-16-14-12-11-13-15-17-21-34(48)45-24-26-46(27-25-45)37(51)53-39(7,8)9/h29-30,33,40H,3,10-28H2,1-2,4-9H3,(H,41,49)(H,42,50)/t30-,33-/m0/s1. The third kappa shape index (κ3) is 19.7. The number of carbonyl (C=O) groups is 4. The lowest BCUT2D eigenvalue weighted by Gasteiger charge is -2.35. The molecular formula is C39H70N8O6. The first-order valence-corrected chi connectivity index (χ1v) is 19.8. The first-order valence-electron chi connectivity index (χ1n) is 19.8. The molecule has 1 saturated heterocycles. The Kier molecular flexibility index (Phi) is 19.7. The van der Waals surface area contributed by atoms with Crippen LogP contribution in [0.2, 0.25) is 0 Å². The molecule has 1 aromatic rings. The van der Waals surface area contributed by atoms with Crippen LogP contribution in [-0.2, 0) is 25.5 Å². The number of nitrogens with zero attached hydrogens (tertiary/aromatic N) is 5. The van der Waals surface area contributed by atoms with Crippen LogP contribution in [0.4, 0.5) is 9.59 Å². The molecule has 1 aliphatic rings. The maximum Gasteiger partial charge on any atom is 0.413 e. The molecule has 3 N–H and O–H groups in total. The number of amides is 4. The number of nitrogens with one attached hydrogen (secondary N) is 3. The van der Waals surface area contributed by atoms with E-state index in [1.165, 1.54) is 0 Å². The lowest BCUT2D eigenvalue weighted by Crippen LogP contribution is -2.51. The van der Waals surface area contributed by atoms with Crippen LogP contribution in [0.3, 0.4) is 0 Å². The van der Waals surface area contributed by atoms with Crippen LogP contribution in [0.25, 0.3) is 0 Å². The topological polar surface area (TPSA) is 160 Å². The molecule has 2 atom stereocenters. The predicted octanol–water partition coefficient (Wildman–Crippen LogP) is 6.48. The molecule has 0 aliphatic carbocycles. The Morgan fingerprint density at radius 3 is 1.98 bits per heavy atom. The second kappa shape index (κ2) is 23.1. The van der Waals surface area contributed by atoms with Gasteiger partial charge in [0, 0.05) is 51.9 Å². The van der Waals surface area contributed by atoms with Crippen LogP contribution in [0.1, 0.15) is 144 Å². The fourth-order valence-corrected chi connectivity index (χ4v) is 5.86. The molecule has 14 heteroatoms. The van der Waals surface area contributed by atoms with Crippen molar-refractivity contribution in [3.05, 3.63) is 24.3 Å². The van der Waals surface area contributed by atoms with E-state index >= 15 is 0 Å². The third-order valence-corrected chi connectivity index (χ3v) is 8.98. The molecular weight excluding hydrogens is 676 g/mol. The number of alkyl carbamates (subject to hydrolysis) is 1. The van der Waals surface area contributed by atoms with E-state index in [0.717, 1.165) is 69.9 Å². The van der Waals surface area contributed by atoms with E-state index in [4.69, 9.17) is 9.47 Å². The van der Waals surface area contributed by atoms with Crippen LogP contribution >= 0.6 is 0 Å². The number of hydrogen-bond donors (Lipinski definition) is 3. The molecule has 1 aromatic heterocycles. The van der Waals surface area contributed by atoms with E-state index in [1.54, 1.807) is 30.4 Å². The minimum atomic E-state index is -0.604. The Hall–Kier alpha value is -3.84. The molecule has 53 heavy (non-hydrogen) atoms. The van der Waals surface area contributed by atoms with E-state index in [2.05, 4.69) is 46.7 Å². The number of hydrogen-bond acceptors (Lipinski definition) is 9. The molecule has 0 unspecified atom stereocenters. The maximum atomic E-state index is 13.3. The molecule has 14 nitrogen and oxygen atoms in total. The van der Waals surface area contributed by atoms with Gasteiger partial charge >= 0.3 is 12.2 Å². The lowest BCUT2D eigenvalue weighted by atomic mass is 10.0. The van der Waals surface area contributed by atoms with Crippen molar-refractivity contribution in [1.29, 1.82) is 0 Å². The minimum Gasteiger partial charge on any atom is -0.444 e. The van der Waals surface area contributed by atoms with Gasteiger partial charge in [-0.3, -0.25) is 14.9 Å². The summed E-state index contributed by atoms with van der Waals surface area (Å²) in [5.74, 6) is 0.921. The average Bonchev–Trinajstić information content (AvgIpc) is 3.52. The molecule has 0 saturated carbocycles. The van der Waals surface area contributed by atoms with Gasteiger partial charge in [-0.15, -0.1) is 5.10 Å². The quantitative estimate of drug-likeness (QED) is 0.113. The molecule has 0 aromatic carbocycles. The van der Waals surface area contributed by atoms with Gasteiger partial charge in [0.2, 0.25) is 11.8 Å². The van der Waals surface area contributed by atoms with Crippen molar-refractivity contribution in [1.82, 2.24) is 40.7 Å². The van der Waals surface area contributed by atoms with Gasteiger partial charge in [-0.25, -0.2) is 14.3 Å². The largest absolute Gasteiger partial charge is 0.444 e. The summed E-state index contributed by atoms with van der Waals surface area (Å²) in [6.45, 7) is 22.4. The van der Waals surface area contributed by atoms with Gasteiger partial charge < -0.3 is 29.9 Å². The highest BCUT2D eigenvalue weighted by Gasteiger charge is 2.27. The van der Waals surface area contributed by atoms with Gasteiger partial charge in [0.05, 0.1) is 5.69 Å². The zero-order chi connectivity index (χ0) is 39.4. The Balaban J connectivity index is 1.63. The molecule has 0 radical (unpaired) electrons. The highest BCUT2D eigenvalue weighted by atomic mass is 16.6. The predicted molar refractivity (Wildman–Crippen MR) is 207 cm³/mol. The summed E-state index contributed by atoms with van der Waals surface area (Å²) < 4.78 is 12.4. The summed E-state index contributed by atoms with van der Waals surface area (Å²) in [6.07, 6.45) is 13.0. The Morgan fingerprint density at radius 2 is 1.38 bits per heavy atom. The second-order valence-electron chi connectivity index (χ2n) is 16.3. The highest BCUT2D eigenvalue weighted by Crippen LogP contribution is 2.17. The number of piperazine rings is 1. The summed E-state index contributed by atoms with van der Waals surface area (Å²) in [7, 11) is 0. The first-order chi connectivity index (χ1) is 25.0. The average molecular weight is 747 g/mol. The van der Waals surface area contributed by atoms with Crippen LogP contribution in [0.15, 0.2) is 18.6 Å². The van der Waals surface area contributed by atoms with Crippen molar-refractivity contribution in [2.24, 2.45) is 5.92 Å². The van der Waals surface area contributed by atoms with Gasteiger partial charge in [-0.1, -0.05) is 70.6 Å². The molecule has 1 fully saturated rings. The maximum absolute atomic E-state index is 13.3. The number of ether oxygens (including phenoxy) is 2. The summed E-state index contributed by atoms with van der Waals surface area (Å²) in [6, 6.07) is -0.490. The smallest absolute Gasteiger partial charge is 0.413 e. The van der Waals surface area contributed by atoms with Gasteiger partial charge in [0.25, 0.3) is 0 Å². The number of aromatic nitrogens is 3. The van der Waals surface area contributed by atoms with E-state index in [0.29, 0.717) is 70.3 Å². The van der Waals surface area contributed by atoms with Crippen molar-refractivity contribution in [3.8, 4) is 0 Å². The van der Waals surface area contributed by atoms with Gasteiger partial charge in [-0.2, -0.15) is 0 Å². The van der Waals surface area contributed by atoms with Crippen LogP contribution in [0.5, 0.6) is 0 Å². The summed E-state index contributed by atoms with van der Waals surface area (Å²) >= 11 is 0. The fraction of sp³-hybridized carbons (Fsp3) is 0.795. The molecule has 4 amide bonds. The van der Waals surface area contributed by atoms with Crippen molar-refractivity contribution >= 4 is 24.0 Å². The lowest BCUT2D eigenvalue weighted by molar-refractivity contribution is -0.133. The van der Waals surface area contributed by atoms with Gasteiger partial charge in [0.15, 0.2) is 0 Å². The van der Waals surface area contributed by atoms with Crippen molar-refractivity contribution < 1.29 is 28.7 Å². The number of carbonyl (C=O) groups excluding carboxylic acids is 4.